The van der Waals surface area contributed by atoms with Crippen LogP contribution in [0.3, 0.4) is 0 Å². The number of aliphatic carboxylic acids is 1. The Morgan fingerprint density at radius 2 is 2.09 bits per heavy atom. The normalized spacial score (nSPS) is 12.0. The van der Waals surface area contributed by atoms with E-state index < -0.39 is 12.0 Å². The predicted octanol–water partition coefficient (Wildman–Crippen LogP) is 1.75. The van der Waals surface area contributed by atoms with Crippen molar-refractivity contribution in [1.82, 2.24) is 14.9 Å². The Bertz CT molecular complexity index is 692. The maximum atomic E-state index is 12.2. The summed E-state index contributed by atoms with van der Waals surface area (Å²) in [7, 11) is 0. The van der Waals surface area contributed by atoms with Crippen LogP contribution >= 0.6 is 0 Å². The quantitative estimate of drug-likeness (QED) is 0.881. The maximum absolute atomic E-state index is 12.2. The molecule has 2 heterocycles. The van der Waals surface area contributed by atoms with Gasteiger partial charge in [0.1, 0.15) is 6.04 Å². The number of nitrogens with one attached hydrogen (secondary N) is 1. The van der Waals surface area contributed by atoms with Crippen LogP contribution in [0.4, 0.5) is 0 Å². The summed E-state index contributed by atoms with van der Waals surface area (Å²) in [5.41, 5.74) is 3.10. The van der Waals surface area contributed by atoms with Crippen molar-refractivity contribution in [2.75, 3.05) is 0 Å². The van der Waals surface area contributed by atoms with Crippen LogP contribution in [0.1, 0.15) is 34.4 Å². The van der Waals surface area contributed by atoms with Crippen molar-refractivity contribution in [2.45, 2.75) is 33.4 Å². The molecule has 2 aromatic rings. The van der Waals surface area contributed by atoms with Gasteiger partial charge < -0.3 is 15.0 Å². The molecule has 2 N–H and O–H groups in total. The summed E-state index contributed by atoms with van der Waals surface area (Å²) in [6.45, 7) is 5.76. The zero-order valence-electron chi connectivity index (χ0n) is 12.8. The van der Waals surface area contributed by atoms with Crippen LogP contribution < -0.4 is 5.32 Å². The fraction of sp³-hybridized carbons (Fsp3) is 0.312. The highest BCUT2D eigenvalue weighted by atomic mass is 16.4. The number of carboxylic acids is 1. The molecule has 22 heavy (non-hydrogen) atoms. The molecule has 6 nitrogen and oxygen atoms in total. The third kappa shape index (κ3) is 3.33. The summed E-state index contributed by atoms with van der Waals surface area (Å²) in [5, 5.41) is 11.3. The molecule has 2 aromatic heterocycles. The van der Waals surface area contributed by atoms with E-state index in [4.69, 9.17) is 5.11 Å². The first kappa shape index (κ1) is 15.8. The van der Waals surface area contributed by atoms with Gasteiger partial charge in [-0.1, -0.05) is 6.07 Å². The largest absolute Gasteiger partial charge is 0.480 e. The van der Waals surface area contributed by atoms with Gasteiger partial charge >= 0.3 is 5.97 Å². The van der Waals surface area contributed by atoms with Gasteiger partial charge in [-0.15, -0.1) is 0 Å². The first-order valence-electron chi connectivity index (χ1n) is 7.00. The van der Waals surface area contributed by atoms with Crippen LogP contribution in [0.5, 0.6) is 0 Å². The van der Waals surface area contributed by atoms with Crippen LogP contribution in [-0.4, -0.2) is 32.6 Å². The number of carbonyl (C=O) groups is 2. The number of hydrogen-bond acceptors (Lipinski definition) is 3. The molecule has 0 radical (unpaired) electrons. The molecule has 2 rings (SSSR count). The molecule has 1 amide bonds. The number of amides is 1. The van der Waals surface area contributed by atoms with E-state index in [0.29, 0.717) is 12.1 Å². The molecule has 6 heteroatoms. The number of hydrogen-bond donors (Lipinski definition) is 2. The Hall–Kier alpha value is -2.63. The fourth-order valence-electron chi connectivity index (χ4n) is 2.26. The summed E-state index contributed by atoms with van der Waals surface area (Å²) in [6, 6.07) is 6.53. The van der Waals surface area contributed by atoms with Crippen LogP contribution in [-0.2, 0) is 11.3 Å². The molecule has 0 saturated carbocycles. The number of pyridine rings is 1. The first-order valence-corrected chi connectivity index (χ1v) is 7.00. The van der Waals surface area contributed by atoms with E-state index in [1.165, 1.54) is 6.92 Å². The van der Waals surface area contributed by atoms with Gasteiger partial charge in [-0.25, -0.2) is 0 Å². The molecule has 0 aromatic carbocycles. The number of aryl methyl sites for hydroxylation is 1. The second-order valence-corrected chi connectivity index (χ2v) is 5.23. The highest BCUT2D eigenvalue weighted by Gasteiger charge is 2.20. The smallest absolute Gasteiger partial charge is 0.325 e. The Balaban J connectivity index is 2.23. The van der Waals surface area contributed by atoms with Gasteiger partial charge in [0.2, 0.25) is 0 Å². The molecule has 116 valence electrons. The number of aromatic nitrogens is 2. The summed E-state index contributed by atoms with van der Waals surface area (Å²) in [5.74, 6) is -1.44. The molecule has 1 unspecified atom stereocenters. The van der Waals surface area contributed by atoms with Crippen molar-refractivity contribution in [3.05, 3.63) is 53.1 Å². The molecule has 0 fully saturated rings. The summed E-state index contributed by atoms with van der Waals surface area (Å²) in [6.07, 6.45) is 1.73. The van der Waals surface area contributed by atoms with E-state index in [1.54, 1.807) is 12.3 Å². The Labute approximate surface area is 128 Å². The van der Waals surface area contributed by atoms with E-state index >= 15 is 0 Å². The minimum absolute atomic E-state index is 0.379. The van der Waals surface area contributed by atoms with Crippen LogP contribution in [0.15, 0.2) is 30.5 Å². The minimum Gasteiger partial charge on any atom is -0.480 e. The topological polar surface area (TPSA) is 84.2 Å². The summed E-state index contributed by atoms with van der Waals surface area (Å²) >= 11 is 0. The molecule has 0 bridgehead atoms. The second kappa shape index (κ2) is 6.43. The van der Waals surface area contributed by atoms with Gasteiger partial charge in [-0.05, 0) is 39.0 Å². The van der Waals surface area contributed by atoms with Crippen molar-refractivity contribution >= 4 is 11.9 Å². The third-order valence-corrected chi connectivity index (χ3v) is 3.58. The molecular formula is C16H19N3O3. The van der Waals surface area contributed by atoms with Gasteiger partial charge in [-0.3, -0.25) is 14.6 Å². The Kier molecular flexibility index (Phi) is 4.60. The molecule has 0 aliphatic carbocycles. The minimum atomic E-state index is -1.06. The molecule has 0 spiro atoms. The lowest BCUT2D eigenvalue weighted by molar-refractivity contribution is -0.138. The zero-order valence-corrected chi connectivity index (χ0v) is 12.8. The molecular weight excluding hydrogens is 282 g/mol. The lowest BCUT2D eigenvalue weighted by Crippen LogP contribution is -2.38. The highest BCUT2D eigenvalue weighted by molar-refractivity contribution is 5.97. The maximum Gasteiger partial charge on any atom is 0.325 e. The van der Waals surface area contributed by atoms with E-state index in [0.717, 1.165) is 17.1 Å². The van der Waals surface area contributed by atoms with E-state index in [-0.39, 0.29) is 5.91 Å². The van der Waals surface area contributed by atoms with Crippen molar-refractivity contribution in [3.8, 4) is 0 Å². The average Bonchev–Trinajstić information content (AvgIpc) is 2.76. The van der Waals surface area contributed by atoms with Gasteiger partial charge in [0.15, 0.2) is 0 Å². The number of carboxylic acid groups (broad SMARTS) is 1. The SMILES string of the molecule is Cc1cc(C(=O)NC(C)C(=O)O)c(C)n1Cc1ccccn1. The van der Waals surface area contributed by atoms with Crippen molar-refractivity contribution in [3.63, 3.8) is 0 Å². The van der Waals surface area contributed by atoms with E-state index in [1.807, 2.05) is 36.6 Å². The molecule has 0 aliphatic heterocycles. The predicted molar refractivity (Wildman–Crippen MR) is 81.8 cm³/mol. The standard InChI is InChI=1S/C16H19N3O3/c1-10-8-14(15(20)18-11(2)16(21)22)12(3)19(10)9-13-6-4-5-7-17-13/h4-8,11H,9H2,1-3H3,(H,18,20)(H,21,22). The number of nitrogens with zero attached hydrogens (tertiary/aromatic N) is 2. The number of carbonyl (C=O) groups excluding carboxylic acids is 1. The van der Waals surface area contributed by atoms with E-state index in [2.05, 4.69) is 10.3 Å². The zero-order chi connectivity index (χ0) is 16.3. The van der Waals surface area contributed by atoms with Crippen molar-refractivity contribution in [2.24, 2.45) is 0 Å². The van der Waals surface area contributed by atoms with Crippen molar-refractivity contribution < 1.29 is 14.7 Å². The second-order valence-electron chi connectivity index (χ2n) is 5.23. The Morgan fingerprint density at radius 1 is 1.36 bits per heavy atom. The Morgan fingerprint density at radius 3 is 2.68 bits per heavy atom. The lowest BCUT2D eigenvalue weighted by Gasteiger charge is -2.11. The van der Waals surface area contributed by atoms with Crippen LogP contribution in [0.2, 0.25) is 0 Å². The summed E-state index contributed by atoms with van der Waals surface area (Å²) in [4.78, 5) is 27.3. The molecule has 1 atom stereocenters. The lowest BCUT2D eigenvalue weighted by atomic mass is 10.2. The highest BCUT2D eigenvalue weighted by Crippen LogP contribution is 2.16. The van der Waals surface area contributed by atoms with Gasteiger partial charge in [0.05, 0.1) is 17.8 Å². The average molecular weight is 301 g/mol. The van der Waals surface area contributed by atoms with E-state index in [9.17, 15) is 9.59 Å². The number of rotatable bonds is 5. The third-order valence-electron chi connectivity index (χ3n) is 3.58. The first-order chi connectivity index (χ1) is 10.4. The van der Waals surface area contributed by atoms with Crippen LogP contribution in [0.25, 0.3) is 0 Å². The molecule has 0 saturated heterocycles. The molecule has 0 aliphatic rings. The van der Waals surface area contributed by atoms with Gasteiger partial charge in [0, 0.05) is 17.6 Å². The van der Waals surface area contributed by atoms with Crippen molar-refractivity contribution in [1.29, 1.82) is 0 Å². The monoisotopic (exact) mass is 301 g/mol. The fourth-order valence-corrected chi connectivity index (χ4v) is 2.26. The summed E-state index contributed by atoms with van der Waals surface area (Å²) < 4.78 is 1.99. The van der Waals surface area contributed by atoms with Gasteiger partial charge in [0.25, 0.3) is 5.91 Å². The van der Waals surface area contributed by atoms with Crippen LogP contribution in [0, 0.1) is 13.8 Å². The van der Waals surface area contributed by atoms with Gasteiger partial charge in [-0.2, -0.15) is 0 Å².